The molecule has 0 unspecified atom stereocenters. The molecular formula is C10H11ClINOS. The number of carbonyl (C=O) groups excluding carboxylic acids is 1. The van der Waals surface area contributed by atoms with Gasteiger partial charge in [0.25, 0.3) is 0 Å². The van der Waals surface area contributed by atoms with Crippen LogP contribution in [0.1, 0.15) is 6.42 Å². The molecule has 0 fully saturated rings. The van der Waals surface area contributed by atoms with Crippen LogP contribution >= 0.6 is 46.0 Å². The van der Waals surface area contributed by atoms with Crippen molar-refractivity contribution in [3.05, 3.63) is 26.8 Å². The van der Waals surface area contributed by atoms with E-state index in [1.165, 1.54) is 0 Å². The highest BCUT2D eigenvalue weighted by atomic mass is 127. The van der Waals surface area contributed by atoms with Gasteiger partial charge in [0.15, 0.2) is 0 Å². The predicted octanol–water partition coefficient (Wildman–Crippen LogP) is 3.64. The summed E-state index contributed by atoms with van der Waals surface area (Å²) in [6.07, 6.45) is 2.49. The van der Waals surface area contributed by atoms with Crippen molar-refractivity contribution in [2.75, 3.05) is 17.3 Å². The Morgan fingerprint density at radius 1 is 1.60 bits per heavy atom. The molecule has 0 aliphatic heterocycles. The third kappa shape index (κ3) is 4.61. The molecule has 5 heteroatoms. The Balaban J connectivity index is 2.60. The normalized spacial score (nSPS) is 10.1. The Labute approximate surface area is 112 Å². The zero-order chi connectivity index (χ0) is 11.3. The van der Waals surface area contributed by atoms with Crippen LogP contribution in [0.25, 0.3) is 0 Å². The number of carbonyl (C=O) groups is 1. The first-order chi connectivity index (χ1) is 7.13. The molecule has 1 aromatic rings. The van der Waals surface area contributed by atoms with Crippen LogP contribution in [0.15, 0.2) is 18.2 Å². The largest absolute Gasteiger partial charge is 0.325 e. The molecule has 2 nitrogen and oxygen atoms in total. The van der Waals surface area contributed by atoms with E-state index in [4.69, 9.17) is 11.6 Å². The highest BCUT2D eigenvalue weighted by Crippen LogP contribution is 2.23. The van der Waals surface area contributed by atoms with Gasteiger partial charge in [-0.3, -0.25) is 4.79 Å². The second-order valence-corrected chi connectivity index (χ2v) is 5.55. The summed E-state index contributed by atoms with van der Waals surface area (Å²) in [4.78, 5) is 11.4. The van der Waals surface area contributed by atoms with Crippen LogP contribution in [0, 0.1) is 3.57 Å². The molecule has 15 heavy (non-hydrogen) atoms. The molecule has 1 aromatic carbocycles. The fourth-order valence-electron chi connectivity index (χ4n) is 0.998. The van der Waals surface area contributed by atoms with Crippen molar-refractivity contribution < 1.29 is 4.79 Å². The predicted molar refractivity (Wildman–Crippen MR) is 75.8 cm³/mol. The van der Waals surface area contributed by atoms with Crippen molar-refractivity contribution in [3.63, 3.8) is 0 Å². The first-order valence-electron chi connectivity index (χ1n) is 4.37. The third-order valence-corrected chi connectivity index (χ3v) is 3.33. The number of hydrogen-bond donors (Lipinski definition) is 1. The van der Waals surface area contributed by atoms with E-state index in [0.29, 0.717) is 17.1 Å². The van der Waals surface area contributed by atoms with Crippen LogP contribution in [0.4, 0.5) is 5.69 Å². The molecule has 0 aliphatic rings. The molecule has 0 heterocycles. The van der Waals surface area contributed by atoms with Crippen LogP contribution in [0.2, 0.25) is 5.02 Å². The van der Waals surface area contributed by atoms with Gasteiger partial charge in [0.05, 0.1) is 10.7 Å². The molecule has 0 radical (unpaired) electrons. The Morgan fingerprint density at radius 2 is 2.33 bits per heavy atom. The van der Waals surface area contributed by atoms with E-state index in [0.717, 1.165) is 9.32 Å². The summed E-state index contributed by atoms with van der Waals surface area (Å²) in [5.41, 5.74) is 0.684. The topological polar surface area (TPSA) is 29.1 Å². The van der Waals surface area contributed by atoms with E-state index in [1.807, 2.05) is 24.5 Å². The van der Waals surface area contributed by atoms with Crippen LogP contribution in [-0.4, -0.2) is 17.9 Å². The van der Waals surface area contributed by atoms with E-state index < -0.39 is 0 Å². The first kappa shape index (κ1) is 13.1. The lowest BCUT2D eigenvalue weighted by Crippen LogP contribution is -2.12. The zero-order valence-corrected chi connectivity index (χ0v) is 11.9. The van der Waals surface area contributed by atoms with E-state index in [2.05, 4.69) is 27.9 Å². The van der Waals surface area contributed by atoms with Crippen molar-refractivity contribution in [3.8, 4) is 0 Å². The maximum atomic E-state index is 11.4. The van der Waals surface area contributed by atoms with E-state index in [9.17, 15) is 4.79 Å². The molecule has 0 saturated carbocycles. The molecule has 0 atom stereocenters. The summed E-state index contributed by atoms with van der Waals surface area (Å²) >= 11 is 9.81. The van der Waals surface area contributed by atoms with Gasteiger partial charge in [0, 0.05) is 15.7 Å². The van der Waals surface area contributed by atoms with Gasteiger partial charge in [-0.1, -0.05) is 11.6 Å². The molecule has 0 bridgehead atoms. The van der Waals surface area contributed by atoms with Gasteiger partial charge in [-0.15, -0.1) is 0 Å². The fraction of sp³-hybridized carbons (Fsp3) is 0.300. The highest BCUT2D eigenvalue weighted by molar-refractivity contribution is 14.1. The van der Waals surface area contributed by atoms with Crippen molar-refractivity contribution in [1.29, 1.82) is 0 Å². The summed E-state index contributed by atoms with van der Waals surface area (Å²) < 4.78 is 1.06. The summed E-state index contributed by atoms with van der Waals surface area (Å²) in [5.74, 6) is 0.834. The molecule has 0 saturated heterocycles. The SMILES string of the molecule is CSCCC(=O)Nc1ccc(I)cc1Cl. The van der Waals surface area contributed by atoms with Crippen molar-refractivity contribution >= 4 is 57.5 Å². The summed E-state index contributed by atoms with van der Waals surface area (Å²) in [5, 5.41) is 3.37. The number of benzene rings is 1. The lowest BCUT2D eigenvalue weighted by Gasteiger charge is -2.06. The minimum atomic E-state index is 0.00691. The molecule has 0 aromatic heterocycles. The fourth-order valence-corrected chi connectivity index (χ4v) is 2.29. The lowest BCUT2D eigenvalue weighted by molar-refractivity contribution is -0.115. The second kappa shape index (κ2) is 6.60. The molecular weight excluding hydrogens is 345 g/mol. The maximum absolute atomic E-state index is 11.4. The van der Waals surface area contributed by atoms with Gasteiger partial charge < -0.3 is 5.32 Å². The minimum absolute atomic E-state index is 0.00691. The Morgan fingerprint density at radius 3 is 2.93 bits per heavy atom. The van der Waals surface area contributed by atoms with E-state index in [-0.39, 0.29) is 5.91 Å². The Kier molecular flexibility index (Phi) is 5.78. The van der Waals surface area contributed by atoms with Gasteiger partial charge in [0.1, 0.15) is 0 Å². The van der Waals surface area contributed by atoms with Gasteiger partial charge in [-0.25, -0.2) is 0 Å². The number of nitrogens with one attached hydrogen (secondary N) is 1. The number of thioether (sulfide) groups is 1. The summed E-state index contributed by atoms with van der Waals surface area (Å²) in [7, 11) is 0. The Hall–Kier alpha value is 0.0600. The number of rotatable bonds is 4. The van der Waals surface area contributed by atoms with Crippen LogP contribution in [-0.2, 0) is 4.79 Å². The molecule has 1 N–H and O–H groups in total. The molecule has 82 valence electrons. The zero-order valence-electron chi connectivity index (χ0n) is 8.22. The first-order valence-corrected chi connectivity index (χ1v) is 7.22. The average Bonchev–Trinajstić information content (AvgIpc) is 2.19. The van der Waals surface area contributed by atoms with E-state index >= 15 is 0 Å². The van der Waals surface area contributed by atoms with Gasteiger partial charge in [-0.05, 0) is 47.0 Å². The average molecular weight is 356 g/mol. The number of halogens is 2. The van der Waals surface area contributed by atoms with Gasteiger partial charge in [-0.2, -0.15) is 11.8 Å². The maximum Gasteiger partial charge on any atom is 0.225 e. The summed E-state index contributed by atoms with van der Waals surface area (Å²) in [6, 6.07) is 5.56. The summed E-state index contributed by atoms with van der Waals surface area (Å²) in [6.45, 7) is 0. The highest BCUT2D eigenvalue weighted by Gasteiger charge is 2.05. The lowest BCUT2D eigenvalue weighted by atomic mass is 10.3. The number of amides is 1. The van der Waals surface area contributed by atoms with Crippen molar-refractivity contribution in [2.24, 2.45) is 0 Å². The van der Waals surface area contributed by atoms with E-state index in [1.54, 1.807) is 11.8 Å². The Bertz CT molecular complexity index is 359. The van der Waals surface area contributed by atoms with Gasteiger partial charge >= 0.3 is 0 Å². The van der Waals surface area contributed by atoms with Crippen molar-refractivity contribution in [2.45, 2.75) is 6.42 Å². The monoisotopic (exact) mass is 355 g/mol. The van der Waals surface area contributed by atoms with Crippen LogP contribution in [0.3, 0.4) is 0 Å². The number of hydrogen-bond acceptors (Lipinski definition) is 2. The third-order valence-electron chi connectivity index (χ3n) is 1.74. The second-order valence-electron chi connectivity index (χ2n) is 2.92. The molecule has 0 aliphatic carbocycles. The molecule has 0 spiro atoms. The van der Waals surface area contributed by atoms with Crippen LogP contribution < -0.4 is 5.32 Å². The quantitative estimate of drug-likeness (QED) is 0.836. The minimum Gasteiger partial charge on any atom is -0.325 e. The molecule has 1 rings (SSSR count). The smallest absolute Gasteiger partial charge is 0.225 e. The van der Waals surface area contributed by atoms with Gasteiger partial charge in [0.2, 0.25) is 5.91 Å². The van der Waals surface area contributed by atoms with Crippen LogP contribution in [0.5, 0.6) is 0 Å². The molecule has 1 amide bonds. The standard InChI is InChI=1S/C10H11ClINOS/c1-15-5-4-10(14)13-9-3-2-7(12)6-8(9)11/h2-3,6H,4-5H2,1H3,(H,13,14). The number of anilines is 1. The van der Waals surface area contributed by atoms with Crippen molar-refractivity contribution in [1.82, 2.24) is 0 Å².